The molecule has 1 N–H and O–H groups in total. The third kappa shape index (κ3) is 2.64. The van der Waals surface area contributed by atoms with Crippen molar-refractivity contribution < 1.29 is 9.84 Å². The standard InChI is InChI=1S/C13H12O2S/c1-15-12-8-10(7-11(14)9-12)4-5-13-3-2-6-16-13/h2-9,14H,1H3/b5-4+. The van der Waals surface area contributed by atoms with Gasteiger partial charge in [0.25, 0.3) is 0 Å². The number of benzene rings is 1. The lowest BCUT2D eigenvalue weighted by atomic mass is 10.2. The highest BCUT2D eigenvalue weighted by Gasteiger charge is 1.97. The first-order valence-corrected chi connectivity index (χ1v) is 5.75. The number of methoxy groups -OCH3 is 1. The maximum Gasteiger partial charge on any atom is 0.123 e. The van der Waals surface area contributed by atoms with Crippen LogP contribution in [-0.2, 0) is 0 Å². The SMILES string of the molecule is COc1cc(O)cc(/C=C/c2cccs2)c1. The molecule has 0 fully saturated rings. The van der Waals surface area contributed by atoms with E-state index in [1.165, 1.54) is 4.88 Å². The first kappa shape index (κ1) is 10.8. The second kappa shape index (κ2) is 4.86. The number of hydrogen-bond donors (Lipinski definition) is 1. The minimum absolute atomic E-state index is 0.213. The van der Waals surface area contributed by atoms with Gasteiger partial charge in [0.1, 0.15) is 11.5 Å². The summed E-state index contributed by atoms with van der Waals surface area (Å²) in [5, 5.41) is 11.5. The van der Waals surface area contributed by atoms with E-state index in [-0.39, 0.29) is 5.75 Å². The van der Waals surface area contributed by atoms with Crippen molar-refractivity contribution in [2.45, 2.75) is 0 Å². The maximum atomic E-state index is 9.47. The molecule has 0 spiro atoms. The Balaban J connectivity index is 2.24. The van der Waals surface area contributed by atoms with E-state index in [1.54, 1.807) is 30.6 Å². The van der Waals surface area contributed by atoms with Gasteiger partial charge in [0.2, 0.25) is 0 Å². The van der Waals surface area contributed by atoms with Gasteiger partial charge in [-0.3, -0.25) is 0 Å². The summed E-state index contributed by atoms with van der Waals surface area (Å²) in [5.41, 5.74) is 0.922. The second-order valence-corrected chi connectivity index (χ2v) is 4.29. The molecule has 82 valence electrons. The van der Waals surface area contributed by atoms with Crippen molar-refractivity contribution in [3.05, 3.63) is 46.2 Å². The Morgan fingerprint density at radius 2 is 2.12 bits per heavy atom. The summed E-state index contributed by atoms with van der Waals surface area (Å²) in [4.78, 5) is 1.18. The monoisotopic (exact) mass is 232 g/mol. The molecule has 0 aliphatic carbocycles. The van der Waals surface area contributed by atoms with E-state index in [0.717, 1.165) is 5.56 Å². The van der Waals surface area contributed by atoms with Crippen LogP contribution in [0.15, 0.2) is 35.7 Å². The zero-order valence-electron chi connectivity index (χ0n) is 8.88. The lowest BCUT2D eigenvalue weighted by Crippen LogP contribution is -1.83. The normalized spacial score (nSPS) is 10.8. The molecule has 0 aliphatic rings. The third-order valence-corrected chi connectivity index (χ3v) is 2.97. The van der Waals surface area contributed by atoms with Crippen LogP contribution in [0.4, 0.5) is 0 Å². The second-order valence-electron chi connectivity index (χ2n) is 3.31. The van der Waals surface area contributed by atoms with Crippen LogP contribution < -0.4 is 4.74 Å². The van der Waals surface area contributed by atoms with E-state index in [2.05, 4.69) is 0 Å². The molecular formula is C13H12O2S. The van der Waals surface area contributed by atoms with Crippen LogP contribution in [0, 0.1) is 0 Å². The summed E-state index contributed by atoms with van der Waals surface area (Å²) in [6, 6.07) is 9.22. The lowest BCUT2D eigenvalue weighted by Gasteiger charge is -2.02. The highest BCUT2D eigenvalue weighted by molar-refractivity contribution is 7.10. The summed E-state index contributed by atoms with van der Waals surface area (Å²) in [6.45, 7) is 0. The van der Waals surface area contributed by atoms with Gasteiger partial charge in [0.05, 0.1) is 7.11 Å². The molecule has 0 saturated carbocycles. The molecule has 0 aliphatic heterocycles. The topological polar surface area (TPSA) is 29.5 Å². The van der Waals surface area contributed by atoms with Gasteiger partial charge in [-0.1, -0.05) is 12.1 Å². The van der Waals surface area contributed by atoms with Crippen molar-refractivity contribution in [2.24, 2.45) is 0 Å². The minimum atomic E-state index is 0.213. The fraction of sp³-hybridized carbons (Fsp3) is 0.0769. The zero-order valence-corrected chi connectivity index (χ0v) is 9.70. The highest BCUT2D eigenvalue weighted by Crippen LogP contribution is 2.23. The van der Waals surface area contributed by atoms with Gasteiger partial charge in [-0.2, -0.15) is 0 Å². The van der Waals surface area contributed by atoms with Crippen molar-refractivity contribution in [1.82, 2.24) is 0 Å². The Bertz CT molecular complexity index is 487. The van der Waals surface area contributed by atoms with Gasteiger partial charge < -0.3 is 9.84 Å². The number of rotatable bonds is 3. The van der Waals surface area contributed by atoms with Crippen molar-refractivity contribution in [3.8, 4) is 11.5 Å². The predicted octanol–water partition coefficient (Wildman–Crippen LogP) is 3.63. The summed E-state index contributed by atoms with van der Waals surface area (Å²) in [6.07, 6.45) is 3.97. The van der Waals surface area contributed by atoms with E-state index in [1.807, 2.05) is 35.7 Å². The Kier molecular flexibility index (Phi) is 3.27. The Morgan fingerprint density at radius 3 is 2.81 bits per heavy atom. The molecule has 1 aromatic carbocycles. The molecule has 3 heteroatoms. The smallest absolute Gasteiger partial charge is 0.123 e. The third-order valence-electron chi connectivity index (χ3n) is 2.13. The lowest BCUT2D eigenvalue weighted by molar-refractivity contribution is 0.407. The van der Waals surface area contributed by atoms with Crippen LogP contribution in [0.3, 0.4) is 0 Å². The molecule has 2 nitrogen and oxygen atoms in total. The summed E-state index contributed by atoms with van der Waals surface area (Å²) < 4.78 is 5.08. The zero-order chi connectivity index (χ0) is 11.4. The Morgan fingerprint density at radius 1 is 1.25 bits per heavy atom. The molecule has 0 bridgehead atoms. The fourth-order valence-electron chi connectivity index (χ4n) is 1.38. The highest BCUT2D eigenvalue weighted by atomic mass is 32.1. The van der Waals surface area contributed by atoms with E-state index >= 15 is 0 Å². The molecule has 0 unspecified atom stereocenters. The molecule has 0 amide bonds. The van der Waals surface area contributed by atoms with E-state index < -0.39 is 0 Å². The van der Waals surface area contributed by atoms with Crippen LogP contribution in [-0.4, -0.2) is 12.2 Å². The van der Waals surface area contributed by atoms with Crippen molar-refractivity contribution in [1.29, 1.82) is 0 Å². The van der Waals surface area contributed by atoms with E-state index in [0.29, 0.717) is 5.75 Å². The van der Waals surface area contributed by atoms with Gasteiger partial charge in [0, 0.05) is 10.9 Å². The summed E-state index contributed by atoms with van der Waals surface area (Å²) in [5.74, 6) is 0.871. The van der Waals surface area contributed by atoms with Crippen LogP contribution in [0.2, 0.25) is 0 Å². The Labute approximate surface area is 98.4 Å². The quantitative estimate of drug-likeness (QED) is 0.875. The van der Waals surface area contributed by atoms with Crippen LogP contribution in [0.25, 0.3) is 12.2 Å². The van der Waals surface area contributed by atoms with Crippen molar-refractivity contribution in [2.75, 3.05) is 7.11 Å². The number of phenols is 1. The number of phenolic OH excluding ortho intramolecular Hbond substituents is 1. The molecule has 1 heterocycles. The molecule has 2 rings (SSSR count). The van der Waals surface area contributed by atoms with Crippen molar-refractivity contribution >= 4 is 23.5 Å². The summed E-state index contributed by atoms with van der Waals surface area (Å²) >= 11 is 1.68. The number of hydrogen-bond acceptors (Lipinski definition) is 3. The Hall–Kier alpha value is -1.74. The number of thiophene rings is 1. The van der Waals surface area contributed by atoms with Crippen molar-refractivity contribution in [3.63, 3.8) is 0 Å². The predicted molar refractivity (Wildman–Crippen MR) is 67.9 cm³/mol. The first-order valence-electron chi connectivity index (χ1n) is 4.87. The molecular weight excluding hydrogens is 220 g/mol. The van der Waals surface area contributed by atoms with Crippen LogP contribution in [0.5, 0.6) is 11.5 Å². The van der Waals surface area contributed by atoms with E-state index in [4.69, 9.17) is 4.74 Å². The van der Waals surface area contributed by atoms with Gasteiger partial charge >= 0.3 is 0 Å². The molecule has 1 aromatic heterocycles. The maximum absolute atomic E-state index is 9.47. The van der Waals surface area contributed by atoms with Gasteiger partial charge in [0.15, 0.2) is 0 Å². The fourth-order valence-corrected chi connectivity index (χ4v) is 2.00. The number of aromatic hydroxyl groups is 1. The molecule has 16 heavy (non-hydrogen) atoms. The molecule has 2 aromatic rings. The van der Waals surface area contributed by atoms with Gasteiger partial charge in [-0.05, 0) is 35.2 Å². The molecule has 0 atom stereocenters. The van der Waals surface area contributed by atoms with Gasteiger partial charge in [-0.15, -0.1) is 11.3 Å². The molecule has 0 radical (unpaired) electrons. The molecule has 0 saturated heterocycles. The number of ether oxygens (including phenoxy) is 1. The van der Waals surface area contributed by atoms with Crippen LogP contribution >= 0.6 is 11.3 Å². The largest absolute Gasteiger partial charge is 0.508 e. The first-order chi connectivity index (χ1) is 7.78. The van der Waals surface area contributed by atoms with Gasteiger partial charge in [-0.25, -0.2) is 0 Å². The summed E-state index contributed by atoms with van der Waals surface area (Å²) in [7, 11) is 1.58. The average Bonchev–Trinajstić information content (AvgIpc) is 2.78. The average molecular weight is 232 g/mol. The van der Waals surface area contributed by atoms with E-state index in [9.17, 15) is 5.11 Å². The minimum Gasteiger partial charge on any atom is -0.508 e. The van der Waals surface area contributed by atoms with Crippen LogP contribution in [0.1, 0.15) is 10.4 Å².